The molecule has 2 unspecified atom stereocenters. The Morgan fingerprint density at radius 2 is 2.12 bits per heavy atom. The molecule has 0 radical (unpaired) electrons. The van der Waals surface area contributed by atoms with Crippen LogP contribution >= 0.6 is 0 Å². The maximum Gasteiger partial charge on any atom is 0.237 e. The fourth-order valence-corrected chi connectivity index (χ4v) is 1.62. The van der Waals surface area contributed by atoms with Crippen molar-refractivity contribution < 1.29 is 14.3 Å². The van der Waals surface area contributed by atoms with Crippen LogP contribution in [0, 0.1) is 0 Å². The van der Waals surface area contributed by atoms with E-state index in [1.165, 1.54) is 0 Å². The molecule has 1 amide bonds. The van der Waals surface area contributed by atoms with E-state index >= 15 is 0 Å². The lowest BCUT2D eigenvalue weighted by Crippen LogP contribution is -2.54. The van der Waals surface area contributed by atoms with Crippen LogP contribution in [0.3, 0.4) is 0 Å². The summed E-state index contributed by atoms with van der Waals surface area (Å²) in [5, 5.41) is 3.09. The van der Waals surface area contributed by atoms with Crippen LogP contribution in [-0.4, -0.2) is 44.4 Å². The lowest BCUT2D eigenvalue weighted by molar-refractivity contribution is -0.125. The Morgan fingerprint density at radius 3 is 2.56 bits per heavy atom. The average molecular weight is 232 g/mol. The minimum Gasteiger partial charge on any atom is -0.382 e. The smallest absolute Gasteiger partial charge is 0.237 e. The van der Waals surface area contributed by atoms with E-state index in [1.54, 1.807) is 14.0 Å². The molecule has 5 heteroatoms. The molecule has 0 saturated carbocycles. The molecule has 0 aromatic heterocycles. The van der Waals surface area contributed by atoms with Gasteiger partial charge in [-0.2, -0.15) is 0 Å². The summed E-state index contributed by atoms with van der Waals surface area (Å²) in [7, 11) is 1.63. The third kappa shape index (κ3) is 5.44. The molecule has 3 N–H and O–H groups in total. The predicted octanol–water partition coefficient (Wildman–Crippen LogP) is 0.282. The number of amides is 1. The van der Waals surface area contributed by atoms with Gasteiger partial charge in [-0.3, -0.25) is 4.79 Å². The molecule has 0 saturated heterocycles. The fraction of sp³-hybridized carbons (Fsp3) is 0.909. The highest BCUT2D eigenvalue weighted by Crippen LogP contribution is 2.14. The van der Waals surface area contributed by atoms with Crippen molar-refractivity contribution in [1.29, 1.82) is 0 Å². The second-order valence-electron chi connectivity index (χ2n) is 4.11. The first-order valence-corrected chi connectivity index (χ1v) is 5.61. The van der Waals surface area contributed by atoms with Crippen molar-refractivity contribution in [2.24, 2.45) is 5.73 Å². The topological polar surface area (TPSA) is 73.6 Å². The van der Waals surface area contributed by atoms with Crippen LogP contribution in [0.25, 0.3) is 0 Å². The molecule has 0 fully saturated rings. The number of hydrogen-bond acceptors (Lipinski definition) is 4. The molecular weight excluding hydrogens is 208 g/mol. The molecular formula is C11H24N2O3. The van der Waals surface area contributed by atoms with Crippen LogP contribution in [0.2, 0.25) is 0 Å². The zero-order valence-corrected chi connectivity index (χ0v) is 10.7. The highest BCUT2D eigenvalue weighted by atomic mass is 16.5. The van der Waals surface area contributed by atoms with Crippen LogP contribution in [-0.2, 0) is 14.3 Å². The lowest BCUT2D eigenvalue weighted by Gasteiger charge is -2.29. The summed E-state index contributed by atoms with van der Waals surface area (Å²) >= 11 is 0. The van der Waals surface area contributed by atoms with Gasteiger partial charge in [0.2, 0.25) is 5.91 Å². The summed E-state index contributed by atoms with van der Waals surface area (Å²) < 4.78 is 10.4. The monoisotopic (exact) mass is 232 g/mol. The van der Waals surface area contributed by atoms with Gasteiger partial charge in [0.15, 0.2) is 0 Å². The first-order chi connectivity index (χ1) is 7.46. The summed E-state index contributed by atoms with van der Waals surface area (Å²) in [6.07, 6.45) is 0.520. The Bertz CT molecular complexity index is 211. The largest absolute Gasteiger partial charge is 0.382 e. The quantitative estimate of drug-likeness (QED) is 0.560. The van der Waals surface area contributed by atoms with Crippen molar-refractivity contribution in [3.63, 3.8) is 0 Å². The minimum atomic E-state index is -0.707. The Kier molecular flexibility index (Phi) is 7.29. The molecule has 5 nitrogen and oxygen atoms in total. The molecule has 0 bridgehead atoms. The van der Waals surface area contributed by atoms with Crippen LogP contribution < -0.4 is 11.1 Å². The summed E-state index contributed by atoms with van der Waals surface area (Å²) in [4.78, 5) is 11.4. The van der Waals surface area contributed by atoms with Crippen LogP contribution in [0.5, 0.6) is 0 Å². The number of hydrogen-bond donors (Lipinski definition) is 2. The van der Waals surface area contributed by atoms with Crippen molar-refractivity contribution in [2.45, 2.75) is 38.8 Å². The second-order valence-corrected chi connectivity index (χ2v) is 4.11. The summed E-state index contributed by atoms with van der Waals surface area (Å²) in [6.45, 7) is 7.45. The van der Waals surface area contributed by atoms with Gasteiger partial charge in [0, 0.05) is 13.5 Å². The van der Waals surface area contributed by atoms with Gasteiger partial charge in [0.05, 0.1) is 24.9 Å². The number of carbonyl (C=O) groups is 1. The predicted molar refractivity (Wildman–Crippen MR) is 63.2 cm³/mol. The number of carbonyl (C=O) groups excluding carboxylic acids is 1. The molecule has 0 spiro atoms. The highest BCUT2D eigenvalue weighted by molar-refractivity contribution is 5.84. The van der Waals surface area contributed by atoms with Crippen LogP contribution in [0.15, 0.2) is 0 Å². The maximum absolute atomic E-state index is 11.4. The molecule has 0 aliphatic carbocycles. The maximum atomic E-state index is 11.4. The van der Waals surface area contributed by atoms with Gasteiger partial charge in [0.25, 0.3) is 0 Å². The zero-order valence-electron chi connectivity index (χ0n) is 10.7. The molecule has 0 aliphatic heterocycles. The van der Waals surface area contributed by atoms with E-state index < -0.39 is 5.54 Å². The number of primary amides is 1. The Balaban J connectivity index is 4.13. The van der Waals surface area contributed by atoms with Crippen molar-refractivity contribution in [1.82, 2.24) is 5.32 Å². The summed E-state index contributed by atoms with van der Waals surface area (Å²) in [5.74, 6) is -0.350. The molecule has 2 atom stereocenters. The van der Waals surface area contributed by atoms with E-state index in [4.69, 9.17) is 15.2 Å². The minimum absolute atomic E-state index is 0.0355. The first kappa shape index (κ1) is 15.3. The highest BCUT2D eigenvalue weighted by Gasteiger charge is 2.31. The number of nitrogens with two attached hydrogens (primary N) is 1. The van der Waals surface area contributed by atoms with Gasteiger partial charge >= 0.3 is 0 Å². The molecule has 96 valence electrons. The van der Waals surface area contributed by atoms with Crippen LogP contribution in [0.1, 0.15) is 27.2 Å². The van der Waals surface area contributed by atoms with E-state index in [0.717, 1.165) is 0 Å². The molecule has 0 aromatic carbocycles. The Hall–Kier alpha value is -0.650. The van der Waals surface area contributed by atoms with Gasteiger partial charge in [-0.25, -0.2) is 0 Å². The van der Waals surface area contributed by atoms with Crippen molar-refractivity contribution in [2.75, 3.05) is 26.9 Å². The average Bonchev–Trinajstić information content (AvgIpc) is 2.18. The Morgan fingerprint density at radius 1 is 1.50 bits per heavy atom. The second kappa shape index (κ2) is 7.60. The lowest BCUT2D eigenvalue weighted by atomic mass is 9.94. The number of nitrogens with one attached hydrogen (secondary N) is 1. The van der Waals surface area contributed by atoms with Gasteiger partial charge in [-0.15, -0.1) is 0 Å². The summed E-state index contributed by atoms with van der Waals surface area (Å²) in [6, 6.07) is 0. The zero-order chi connectivity index (χ0) is 12.6. The van der Waals surface area contributed by atoms with Gasteiger partial charge in [-0.1, -0.05) is 6.92 Å². The number of methoxy groups -OCH3 is 1. The van der Waals surface area contributed by atoms with Crippen molar-refractivity contribution in [3.05, 3.63) is 0 Å². The molecule has 0 aromatic rings. The van der Waals surface area contributed by atoms with Crippen molar-refractivity contribution in [3.8, 4) is 0 Å². The van der Waals surface area contributed by atoms with Gasteiger partial charge < -0.3 is 20.5 Å². The molecule has 0 rings (SSSR count). The molecule has 0 aliphatic rings. The number of likely N-dealkylation sites (N-methyl/N-ethyl adjacent to an activating group) is 1. The number of rotatable bonds is 9. The standard InChI is InChI=1S/C11H24N2O3/c1-5-13-11(3,10(12)14)8-9(2)16-7-6-15-4/h9,13H,5-8H2,1-4H3,(H2,12,14). The van der Waals surface area contributed by atoms with E-state index in [1.807, 2.05) is 13.8 Å². The normalized spacial score (nSPS) is 16.8. The summed E-state index contributed by atoms with van der Waals surface area (Å²) in [5.41, 5.74) is 4.67. The fourth-order valence-electron chi connectivity index (χ4n) is 1.62. The van der Waals surface area contributed by atoms with Gasteiger partial charge in [-0.05, 0) is 20.4 Å². The first-order valence-electron chi connectivity index (χ1n) is 5.61. The van der Waals surface area contributed by atoms with Gasteiger partial charge in [0.1, 0.15) is 0 Å². The van der Waals surface area contributed by atoms with E-state index in [9.17, 15) is 4.79 Å². The third-order valence-corrected chi connectivity index (χ3v) is 2.50. The van der Waals surface area contributed by atoms with E-state index in [2.05, 4.69) is 5.32 Å². The molecule has 16 heavy (non-hydrogen) atoms. The third-order valence-electron chi connectivity index (χ3n) is 2.50. The molecule has 0 heterocycles. The van der Waals surface area contributed by atoms with Crippen LogP contribution in [0.4, 0.5) is 0 Å². The van der Waals surface area contributed by atoms with Crippen molar-refractivity contribution >= 4 is 5.91 Å². The Labute approximate surface area is 97.7 Å². The van der Waals surface area contributed by atoms with E-state index in [-0.39, 0.29) is 12.0 Å². The van der Waals surface area contributed by atoms with E-state index in [0.29, 0.717) is 26.2 Å². The number of ether oxygens (including phenoxy) is 2. The SMILES string of the molecule is CCNC(C)(CC(C)OCCOC)C(N)=O.